The van der Waals surface area contributed by atoms with E-state index >= 15 is 0 Å². The van der Waals surface area contributed by atoms with Gasteiger partial charge in [-0.05, 0) is 19.6 Å². The Balaban J connectivity index is 0. The van der Waals surface area contributed by atoms with Crippen LogP contribution in [0.2, 0.25) is 0 Å². The van der Waals surface area contributed by atoms with Crippen molar-refractivity contribution >= 4 is 10.6 Å². The first-order valence-electron chi connectivity index (χ1n) is 3.71. The number of rotatable bonds is 3. The van der Waals surface area contributed by atoms with E-state index < -0.39 is 10.6 Å². The lowest BCUT2D eigenvalue weighted by molar-refractivity contribution is 0.321. The first-order valence-corrected chi connectivity index (χ1v) is 5.00. The van der Waals surface area contributed by atoms with Gasteiger partial charge in [-0.3, -0.25) is 0 Å². The van der Waals surface area contributed by atoms with Gasteiger partial charge in [0.2, 0.25) is 0 Å². The van der Waals surface area contributed by atoms with E-state index in [1.165, 1.54) is 19.6 Å². The van der Waals surface area contributed by atoms with Crippen molar-refractivity contribution in [3.63, 3.8) is 0 Å². The fraction of sp³-hybridized carbons (Fsp3) is 1.00. The van der Waals surface area contributed by atoms with Crippen LogP contribution in [0, 0.1) is 0 Å². The zero-order chi connectivity index (χ0) is 10.2. The van der Waals surface area contributed by atoms with Crippen LogP contribution in [0.25, 0.3) is 0 Å². The summed E-state index contributed by atoms with van der Waals surface area (Å²) in [5, 5.41) is 0. The summed E-state index contributed by atoms with van der Waals surface area (Å²) >= 11 is 0. The molecule has 12 heavy (non-hydrogen) atoms. The van der Waals surface area contributed by atoms with Crippen LogP contribution in [0.4, 0.5) is 7.77 Å². The molecule has 0 aromatic heterocycles. The van der Waals surface area contributed by atoms with E-state index in [2.05, 4.69) is 25.7 Å². The quantitative estimate of drug-likeness (QED) is 0.652. The predicted octanol–water partition coefficient (Wildman–Crippen LogP) is 1.52. The third-order valence-electron chi connectivity index (χ3n) is 1.34. The Labute approximate surface area is 72.9 Å². The molecule has 6 heteroatoms. The van der Waals surface area contributed by atoms with Crippen LogP contribution >= 0.6 is 0 Å². The molecule has 0 amide bonds. The van der Waals surface area contributed by atoms with Crippen molar-refractivity contribution in [3.8, 4) is 0 Å². The summed E-state index contributed by atoms with van der Waals surface area (Å²) in [6.45, 7) is 10.1. The molecule has 0 radical (unpaired) electrons. The number of hydrogen-bond acceptors (Lipinski definition) is 3. The van der Waals surface area contributed by atoms with Crippen LogP contribution in [0.3, 0.4) is 0 Å². The highest BCUT2D eigenvalue weighted by molar-refractivity contribution is 7.81. The van der Waals surface area contributed by atoms with Crippen molar-refractivity contribution in [2.45, 2.75) is 20.8 Å². The molecular formula is C6H15F2NO2S. The van der Waals surface area contributed by atoms with E-state index in [0.717, 1.165) is 0 Å². The van der Waals surface area contributed by atoms with Crippen molar-refractivity contribution in [1.82, 2.24) is 4.90 Å². The summed E-state index contributed by atoms with van der Waals surface area (Å²) in [5.41, 5.74) is 0. The SMILES string of the molecule is CCN(CC)CC.O=S(=O)(F)F. The Kier molecular flexibility index (Phi) is 8.84. The molecule has 76 valence electrons. The molecule has 0 fully saturated rings. The Bertz CT molecular complexity index is 164. The highest BCUT2D eigenvalue weighted by Crippen LogP contribution is 1.85. The van der Waals surface area contributed by atoms with E-state index in [-0.39, 0.29) is 0 Å². The molecular weight excluding hydrogens is 188 g/mol. The molecule has 0 atom stereocenters. The molecule has 0 rings (SSSR count). The second kappa shape index (κ2) is 7.42. The Morgan fingerprint density at radius 2 is 1.17 bits per heavy atom. The molecule has 0 aliphatic carbocycles. The van der Waals surface area contributed by atoms with Gasteiger partial charge < -0.3 is 4.90 Å². The summed E-state index contributed by atoms with van der Waals surface area (Å²) in [6, 6.07) is 0. The zero-order valence-corrected chi connectivity index (χ0v) is 8.37. The third-order valence-corrected chi connectivity index (χ3v) is 1.34. The van der Waals surface area contributed by atoms with Gasteiger partial charge in [-0.2, -0.15) is 8.42 Å². The van der Waals surface area contributed by atoms with Gasteiger partial charge in [0.05, 0.1) is 0 Å². The molecule has 0 N–H and O–H groups in total. The molecule has 0 bridgehead atoms. The summed E-state index contributed by atoms with van der Waals surface area (Å²) in [7, 11) is -5.67. The lowest BCUT2D eigenvalue weighted by Crippen LogP contribution is -2.21. The highest BCUT2D eigenvalue weighted by atomic mass is 32.3. The van der Waals surface area contributed by atoms with Crippen LogP contribution in [0.15, 0.2) is 0 Å². The Morgan fingerprint density at radius 1 is 1.00 bits per heavy atom. The molecule has 0 unspecified atom stereocenters. The van der Waals surface area contributed by atoms with Crippen LogP contribution in [0.5, 0.6) is 0 Å². The Morgan fingerprint density at radius 3 is 1.17 bits per heavy atom. The molecule has 0 saturated carbocycles. The minimum atomic E-state index is -5.67. The van der Waals surface area contributed by atoms with E-state index in [1.807, 2.05) is 0 Å². The van der Waals surface area contributed by atoms with Crippen LogP contribution < -0.4 is 0 Å². The van der Waals surface area contributed by atoms with Crippen molar-refractivity contribution in [3.05, 3.63) is 0 Å². The highest BCUT2D eigenvalue weighted by Gasteiger charge is 1.94. The van der Waals surface area contributed by atoms with E-state index in [4.69, 9.17) is 8.42 Å². The summed E-state index contributed by atoms with van der Waals surface area (Å²) in [4.78, 5) is 2.38. The van der Waals surface area contributed by atoms with Crippen LogP contribution in [0.1, 0.15) is 20.8 Å². The van der Waals surface area contributed by atoms with Gasteiger partial charge in [0.15, 0.2) is 0 Å². The van der Waals surface area contributed by atoms with E-state index in [0.29, 0.717) is 0 Å². The smallest absolute Gasteiger partial charge is 0.304 e. The average Bonchev–Trinajstić information content (AvgIpc) is 1.88. The van der Waals surface area contributed by atoms with Gasteiger partial charge >= 0.3 is 10.6 Å². The summed E-state index contributed by atoms with van der Waals surface area (Å²) in [5.74, 6) is 0. The average molecular weight is 203 g/mol. The van der Waals surface area contributed by atoms with Gasteiger partial charge in [-0.25, -0.2) is 0 Å². The molecule has 0 aliphatic heterocycles. The topological polar surface area (TPSA) is 37.4 Å². The van der Waals surface area contributed by atoms with E-state index in [1.54, 1.807) is 0 Å². The van der Waals surface area contributed by atoms with Gasteiger partial charge in [0.1, 0.15) is 0 Å². The molecule has 0 aliphatic rings. The second-order valence-corrected chi connectivity index (χ2v) is 2.75. The van der Waals surface area contributed by atoms with Crippen molar-refractivity contribution in [1.29, 1.82) is 0 Å². The zero-order valence-electron chi connectivity index (χ0n) is 7.55. The lowest BCUT2D eigenvalue weighted by Gasteiger charge is -2.13. The van der Waals surface area contributed by atoms with Crippen LogP contribution in [-0.2, 0) is 10.6 Å². The minimum absolute atomic E-state index is 1.19. The van der Waals surface area contributed by atoms with Gasteiger partial charge in [-0.15, -0.1) is 0 Å². The molecule has 0 heterocycles. The first kappa shape index (κ1) is 14.3. The standard InChI is InChI=1S/C6H15N.F2O2S/c1-4-7(5-2)6-3;1-5(2,3)4/h4-6H2,1-3H3;. The summed E-state index contributed by atoms with van der Waals surface area (Å²) < 4.78 is 36.6. The normalized spacial score (nSPS) is 10.8. The van der Waals surface area contributed by atoms with Gasteiger partial charge in [0, 0.05) is 0 Å². The summed E-state index contributed by atoms with van der Waals surface area (Å²) in [6.07, 6.45) is 0. The monoisotopic (exact) mass is 203 g/mol. The van der Waals surface area contributed by atoms with Crippen molar-refractivity contribution < 1.29 is 16.2 Å². The second-order valence-electron chi connectivity index (χ2n) is 2.00. The molecule has 3 nitrogen and oxygen atoms in total. The Hall–Kier alpha value is -0.230. The number of halogens is 2. The third kappa shape index (κ3) is 22.6. The van der Waals surface area contributed by atoms with Crippen molar-refractivity contribution in [2.75, 3.05) is 19.6 Å². The molecule has 0 aromatic rings. The maximum atomic E-state index is 9.99. The van der Waals surface area contributed by atoms with Crippen LogP contribution in [-0.4, -0.2) is 33.0 Å². The molecule has 0 aromatic carbocycles. The van der Waals surface area contributed by atoms with Crippen molar-refractivity contribution in [2.24, 2.45) is 0 Å². The predicted molar refractivity (Wildman–Crippen MR) is 44.6 cm³/mol. The fourth-order valence-corrected chi connectivity index (χ4v) is 0.671. The first-order chi connectivity index (χ1) is 5.35. The largest absolute Gasteiger partial charge is 0.476 e. The lowest BCUT2D eigenvalue weighted by atomic mass is 10.5. The number of hydrogen-bond donors (Lipinski definition) is 0. The molecule has 0 spiro atoms. The minimum Gasteiger partial charge on any atom is -0.304 e. The van der Waals surface area contributed by atoms with E-state index in [9.17, 15) is 7.77 Å². The number of nitrogens with zero attached hydrogens (tertiary/aromatic N) is 1. The maximum absolute atomic E-state index is 9.99. The van der Waals surface area contributed by atoms with Gasteiger partial charge in [0.25, 0.3) is 0 Å². The fourth-order valence-electron chi connectivity index (χ4n) is 0.671. The van der Waals surface area contributed by atoms with Gasteiger partial charge in [-0.1, -0.05) is 28.5 Å². The maximum Gasteiger partial charge on any atom is 0.476 e. The molecule has 0 saturated heterocycles.